The van der Waals surface area contributed by atoms with Gasteiger partial charge in [0, 0.05) is 0 Å². The molecule has 2 unspecified atom stereocenters. The molecule has 5 heteroatoms. The van der Waals surface area contributed by atoms with E-state index in [4.69, 9.17) is 5.73 Å². The minimum absolute atomic E-state index is 0.0530. The topological polar surface area (TPSA) is 75.1 Å². The van der Waals surface area contributed by atoms with E-state index in [9.17, 15) is 0 Å². The Hall–Kier alpha value is -2.17. The standard InChI is InChI=1S/C12H13N5/c1-7-2-4-8(5-3-7)10-9-11(13)14-6-15-12(9)17-16-10/h2-6,9,12,17H,1H3,(H2,13,14,15). The zero-order valence-corrected chi connectivity index (χ0v) is 9.46. The first-order valence-electron chi connectivity index (χ1n) is 5.50. The summed E-state index contributed by atoms with van der Waals surface area (Å²) < 4.78 is 0. The first-order valence-corrected chi connectivity index (χ1v) is 5.50. The lowest BCUT2D eigenvalue weighted by molar-refractivity contribution is 0.561. The highest BCUT2D eigenvalue weighted by Gasteiger charge is 2.36. The van der Waals surface area contributed by atoms with Crippen molar-refractivity contribution < 1.29 is 0 Å². The van der Waals surface area contributed by atoms with Crippen LogP contribution < -0.4 is 11.2 Å². The Morgan fingerprint density at radius 3 is 2.76 bits per heavy atom. The van der Waals surface area contributed by atoms with Gasteiger partial charge in [-0.05, 0) is 12.5 Å². The summed E-state index contributed by atoms with van der Waals surface area (Å²) >= 11 is 0. The van der Waals surface area contributed by atoms with E-state index in [0.717, 1.165) is 11.3 Å². The molecule has 1 aromatic carbocycles. The smallest absolute Gasteiger partial charge is 0.151 e. The van der Waals surface area contributed by atoms with Gasteiger partial charge in [0.2, 0.25) is 0 Å². The van der Waals surface area contributed by atoms with Crippen molar-refractivity contribution in [2.24, 2.45) is 26.7 Å². The number of hydrogen-bond acceptors (Lipinski definition) is 5. The zero-order valence-electron chi connectivity index (χ0n) is 9.46. The summed E-state index contributed by atoms with van der Waals surface area (Å²) in [5, 5.41) is 4.32. The van der Waals surface area contributed by atoms with Crippen molar-refractivity contribution in [2.45, 2.75) is 13.1 Å². The second-order valence-corrected chi connectivity index (χ2v) is 4.23. The molecule has 0 spiro atoms. The summed E-state index contributed by atoms with van der Waals surface area (Å²) in [6.45, 7) is 2.06. The highest BCUT2D eigenvalue weighted by Crippen LogP contribution is 2.22. The van der Waals surface area contributed by atoms with Crippen LogP contribution in [-0.2, 0) is 0 Å². The van der Waals surface area contributed by atoms with E-state index in [1.54, 1.807) is 0 Å². The third-order valence-electron chi connectivity index (χ3n) is 3.03. The molecule has 3 N–H and O–H groups in total. The average Bonchev–Trinajstić information content (AvgIpc) is 2.75. The third kappa shape index (κ3) is 1.60. The molecule has 0 saturated heterocycles. The van der Waals surface area contributed by atoms with Crippen LogP contribution in [0.4, 0.5) is 0 Å². The molecule has 5 nitrogen and oxygen atoms in total. The lowest BCUT2D eigenvalue weighted by atomic mass is 9.93. The summed E-state index contributed by atoms with van der Waals surface area (Å²) in [7, 11) is 0. The number of amidine groups is 1. The summed E-state index contributed by atoms with van der Waals surface area (Å²) in [6, 6.07) is 8.21. The maximum absolute atomic E-state index is 5.92. The molecule has 2 aliphatic rings. The first-order chi connectivity index (χ1) is 8.25. The van der Waals surface area contributed by atoms with Crippen LogP contribution in [0.25, 0.3) is 0 Å². The number of aliphatic imine (C=N–C) groups is 2. The van der Waals surface area contributed by atoms with Crippen LogP contribution in [0.1, 0.15) is 11.1 Å². The van der Waals surface area contributed by atoms with E-state index >= 15 is 0 Å². The van der Waals surface area contributed by atoms with Gasteiger partial charge in [0.15, 0.2) is 6.17 Å². The number of hydrogen-bond donors (Lipinski definition) is 2. The van der Waals surface area contributed by atoms with Crippen molar-refractivity contribution in [1.29, 1.82) is 0 Å². The normalized spacial score (nSPS) is 25.9. The molecular formula is C12H13N5. The van der Waals surface area contributed by atoms with Crippen LogP contribution in [0, 0.1) is 12.8 Å². The molecule has 86 valence electrons. The van der Waals surface area contributed by atoms with Gasteiger partial charge in [-0.1, -0.05) is 29.8 Å². The highest BCUT2D eigenvalue weighted by atomic mass is 15.4. The molecule has 2 aliphatic heterocycles. The number of fused-ring (bicyclic) bond motifs is 1. The quantitative estimate of drug-likeness (QED) is 0.739. The molecule has 0 aliphatic carbocycles. The summed E-state index contributed by atoms with van der Waals surface area (Å²) in [4.78, 5) is 8.26. The fourth-order valence-electron chi connectivity index (χ4n) is 2.07. The van der Waals surface area contributed by atoms with E-state index in [0.29, 0.717) is 5.84 Å². The Morgan fingerprint density at radius 2 is 2.00 bits per heavy atom. The second-order valence-electron chi connectivity index (χ2n) is 4.23. The van der Waals surface area contributed by atoms with E-state index in [-0.39, 0.29) is 12.1 Å². The lowest BCUT2D eigenvalue weighted by Crippen LogP contribution is -2.40. The van der Waals surface area contributed by atoms with Crippen molar-refractivity contribution in [3.63, 3.8) is 0 Å². The molecule has 0 radical (unpaired) electrons. The lowest BCUT2D eigenvalue weighted by Gasteiger charge is -2.19. The SMILES string of the molecule is Cc1ccc(C2=NNC3N=CN=C(N)C23)cc1. The maximum atomic E-state index is 5.92. The van der Waals surface area contributed by atoms with Crippen molar-refractivity contribution >= 4 is 17.9 Å². The Bertz CT molecular complexity index is 526. The Morgan fingerprint density at radius 1 is 1.24 bits per heavy atom. The van der Waals surface area contributed by atoms with Crippen molar-refractivity contribution in [3.8, 4) is 0 Å². The Labute approximate surface area is 99.2 Å². The van der Waals surface area contributed by atoms with Crippen molar-refractivity contribution in [1.82, 2.24) is 5.43 Å². The molecule has 0 saturated carbocycles. The van der Waals surface area contributed by atoms with Crippen LogP contribution >= 0.6 is 0 Å². The van der Waals surface area contributed by atoms with Crippen molar-refractivity contribution in [2.75, 3.05) is 0 Å². The molecule has 3 rings (SSSR count). The predicted molar refractivity (Wildman–Crippen MR) is 68.2 cm³/mol. The molecule has 2 heterocycles. The molecule has 0 bridgehead atoms. The molecule has 1 aromatic rings. The van der Waals surface area contributed by atoms with E-state index in [2.05, 4.69) is 39.6 Å². The number of nitrogens with zero attached hydrogens (tertiary/aromatic N) is 3. The van der Waals surface area contributed by atoms with Gasteiger partial charge in [-0.25, -0.2) is 9.98 Å². The highest BCUT2D eigenvalue weighted by molar-refractivity contribution is 6.17. The average molecular weight is 227 g/mol. The van der Waals surface area contributed by atoms with Crippen LogP contribution in [0.15, 0.2) is 39.4 Å². The molecular weight excluding hydrogens is 214 g/mol. The van der Waals surface area contributed by atoms with Gasteiger partial charge in [0.25, 0.3) is 0 Å². The minimum atomic E-state index is -0.108. The minimum Gasteiger partial charge on any atom is -0.386 e. The number of aryl methyl sites for hydroxylation is 1. The summed E-state index contributed by atoms with van der Waals surface area (Å²) in [6.07, 6.45) is 1.38. The fourth-order valence-corrected chi connectivity index (χ4v) is 2.07. The van der Waals surface area contributed by atoms with Gasteiger partial charge in [0.1, 0.15) is 18.1 Å². The summed E-state index contributed by atoms with van der Waals surface area (Å²) in [5.41, 5.74) is 12.1. The van der Waals surface area contributed by atoms with Gasteiger partial charge >= 0.3 is 0 Å². The second kappa shape index (κ2) is 3.69. The number of rotatable bonds is 1. The van der Waals surface area contributed by atoms with Crippen LogP contribution in [0.2, 0.25) is 0 Å². The predicted octanol–water partition coefficient (Wildman–Crippen LogP) is 0.644. The Kier molecular flexibility index (Phi) is 2.18. The monoisotopic (exact) mass is 227 g/mol. The van der Waals surface area contributed by atoms with Gasteiger partial charge in [-0.2, -0.15) is 5.10 Å². The number of hydrazone groups is 1. The number of nitrogens with two attached hydrogens (primary N) is 1. The molecule has 0 amide bonds. The van der Waals surface area contributed by atoms with Crippen LogP contribution in [0.5, 0.6) is 0 Å². The van der Waals surface area contributed by atoms with Crippen LogP contribution in [0.3, 0.4) is 0 Å². The number of benzene rings is 1. The zero-order chi connectivity index (χ0) is 11.8. The maximum Gasteiger partial charge on any atom is 0.151 e. The van der Waals surface area contributed by atoms with Crippen molar-refractivity contribution in [3.05, 3.63) is 35.4 Å². The Balaban J connectivity index is 1.97. The largest absolute Gasteiger partial charge is 0.386 e. The van der Waals surface area contributed by atoms with E-state index < -0.39 is 0 Å². The van der Waals surface area contributed by atoms with Gasteiger partial charge < -0.3 is 5.73 Å². The van der Waals surface area contributed by atoms with Gasteiger partial charge in [-0.3, -0.25) is 5.43 Å². The fraction of sp³-hybridized carbons (Fsp3) is 0.250. The van der Waals surface area contributed by atoms with E-state index in [1.165, 1.54) is 11.9 Å². The number of nitrogens with one attached hydrogen (secondary N) is 1. The molecule has 17 heavy (non-hydrogen) atoms. The van der Waals surface area contributed by atoms with Gasteiger partial charge in [0.05, 0.1) is 5.71 Å². The third-order valence-corrected chi connectivity index (χ3v) is 3.03. The summed E-state index contributed by atoms with van der Waals surface area (Å²) in [5.74, 6) is 0.511. The van der Waals surface area contributed by atoms with E-state index in [1.807, 2.05) is 12.1 Å². The first kappa shape index (κ1) is 10.0. The van der Waals surface area contributed by atoms with Crippen LogP contribution in [-0.4, -0.2) is 24.1 Å². The molecule has 2 atom stereocenters. The molecule has 0 fully saturated rings. The molecule has 0 aromatic heterocycles. The van der Waals surface area contributed by atoms with Gasteiger partial charge in [-0.15, -0.1) is 0 Å².